The Morgan fingerprint density at radius 1 is 1.20 bits per heavy atom. The van der Waals surface area contributed by atoms with Crippen LogP contribution in [0.1, 0.15) is 45.1 Å². The Bertz CT molecular complexity index is 470. The van der Waals surface area contributed by atoms with Crippen LogP contribution in [0.4, 0.5) is 0 Å². The first-order valence-corrected chi connectivity index (χ1v) is 7.96. The minimum absolute atomic E-state index is 0.488. The summed E-state index contributed by atoms with van der Waals surface area (Å²) >= 11 is 0. The summed E-state index contributed by atoms with van der Waals surface area (Å²) in [4.78, 5) is 14.3. The number of piperidine rings is 1. The Morgan fingerprint density at radius 2 is 1.95 bits per heavy atom. The van der Waals surface area contributed by atoms with E-state index in [1.165, 1.54) is 12.0 Å². The molecule has 1 aromatic rings. The number of hydrogen-bond acceptors (Lipinski definition) is 2. The van der Waals surface area contributed by atoms with E-state index in [9.17, 15) is 4.79 Å². The molecule has 0 spiro atoms. The Balaban J connectivity index is 1.74. The lowest BCUT2D eigenvalue weighted by atomic mass is 9.69. The molecule has 2 unspecified atom stereocenters. The van der Waals surface area contributed by atoms with E-state index in [0.29, 0.717) is 29.7 Å². The average molecular weight is 271 g/mol. The highest BCUT2D eigenvalue weighted by atomic mass is 16.1. The molecule has 2 fully saturated rings. The van der Waals surface area contributed by atoms with Gasteiger partial charge in [0, 0.05) is 31.5 Å². The summed E-state index contributed by atoms with van der Waals surface area (Å²) in [6.45, 7) is 5.74. The van der Waals surface area contributed by atoms with Gasteiger partial charge in [0.1, 0.15) is 5.78 Å². The van der Waals surface area contributed by atoms with Gasteiger partial charge in [-0.1, -0.05) is 30.3 Å². The number of fused-ring (bicyclic) bond motifs is 1. The van der Waals surface area contributed by atoms with E-state index in [4.69, 9.17) is 0 Å². The van der Waals surface area contributed by atoms with Crippen LogP contribution >= 0.6 is 0 Å². The summed E-state index contributed by atoms with van der Waals surface area (Å²) in [6.07, 6.45) is 3.92. The zero-order valence-corrected chi connectivity index (χ0v) is 12.6. The van der Waals surface area contributed by atoms with Gasteiger partial charge in [-0.15, -0.1) is 0 Å². The summed E-state index contributed by atoms with van der Waals surface area (Å²) in [5.41, 5.74) is 1.40. The Labute approximate surface area is 122 Å². The van der Waals surface area contributed by atoms with Crippen LogP contribution < -0.4 is 0 Å². The summed E-state index contributed by atoms with van der Waals surface area (Å²) in [6, 6.07) is 11.9. The van der Waals surface area contributed by atoms with E-state index in [-0.39, 0.29) is 0 Å². The number of carbonyl (C=O) groups is 1. The summed E-state index contributed by atoms with van der Waals surface area (Å²) < 4.78 is 0. The molecule has 0 amide bonds. The van der Waals surface area contributed by atoms with E-state index in [2.05, 4.69) is 49.1 Å². The number of benzene rings is 1. The van der Waals surface area contributed by atoms with Gasteiger partial charge in [0.15, 0.2) is 0 Å². The zero-order valence-electron chi connectivity index (χ0n) is 12.6. The van der Waals surface area contributed by atoms with E-state index in [0.717, 1.165) is 25.8 Å². The van der Waals surface area contributed by atoms with Gasteiger partial charge in [-0.25, -0.2) is 0 Å². The molecule has 0 aromatic heterocycles. The molecule has 1 saturated heterocycles. The second-order valence-corrected chi connectivity index (χ2v) is 6.69. The highest BCUT2D eigenvalue weighted by molar-refractivity contribution is 5.79. The molecular weight excluding hydrogens is 246 g/mol. The van der Waals surface area contributed by atoms with Crippen molar-refractivity contribution in [2.45, 2.75) is 58.2 Å². The lowest BCUT2D eigenvalue weighted by Crippen LogP contribution is -2.53. The third kappa shape index (κ3) is 2.67. The molecule has 1 aliphatic carbocycles. The van der Waals surface area contributed by atoms with Crippen LogP contribution in [0, 0.1) is 11.8 Å². The van der Waals surface area contributed by atoms with Gasteiger partial charge >= 0.3 is 0 Å². The number of ketones is 1. The molecule has 3 rings (SSSR count). The van der Waals surface area contributed by atoms with Crippen molar-refractivity contribution in [3.8, 4) is 0 Å². The number of Topliss-reactive ketones (excluding diaryl/α,β-unsaturated/α-hetero) is 1. The highest BCUT2D eigenvalue weighted by Crippen LogP contribution is 2.41. The second-order valence-electron chi connectivity index (χ2n) is 6.69. The zero-order chi connectivity index (χ0) is 14.1. The fourth-order valence-corrected chi connectivity index (χ4v) is 4.32. The Hall–Kier alpha value is -1.15. The molecular formula is C18H25NO. The van der Waals surface area contributed by atoms with Gasteiger partial charge in [0.25, 0.3) is 0 Å². The molecule has 108 valence electrons. The predicted molar refractivity (Wildman–Crippen MR) is 81.4 cm³/mol. The number of nitrogens with zero attached hydrogens (tertiary/aromatic N) is 1. The fraction of sp³-hybridized carbons (Fsp3) is 0.611. The van der Waals surface area contributed by atoms with Gasteiger partial charge in [-0.2, -0.15) is 0 Å². The molecule has 2 heteroatoms. The van der Waals surface area contributed by atoms with Crippen molar-refractivity contribution in [3.05, 3.63) is 35.9 Å². The van der Waals surface area contributed by atoms with Crippen LogP contribution in [0.5, 0.6) is 0 Å². The van der Waals surface area contributed by atoms with Gasteiger partial charge < -0.3 is 0 Å². The second kappa shape index (κ2) is 5.69. The lowest BCUT2D eigenvalue weighted by Gasteiger charge is -2.49. The lowest BCUT2D eigenvalue weighted by molar-refractivity contribution is -0.125. The van der Waals surface area contributed by atoms with Crippen molar-refractivity contribution in [2.24, 2.45) is 11.8 Å². The van der Waals surface area contributed by atoms with E-state index < -0.39 is 0 Å². The average Bonchev–Trinajstić information content (AvgIpc) is 2.44. The molecule has 0 bridgehead atoms. The maximum atomic E-state index is 11.7. The molecule has 0 N–H and O–H groups in total. The smallest absolute Gasteiger partial charge is 0.133 e. The SMILES string of the molecule is C[C@@H]1CC2CC(=O)CCC2[C@H](C)N1Cc1ccccc1. The van der Waals surface area contributed by atoms with Crippen molar-refractivity contribution in [1.82, 2.24) is 4.90 Å². The Morgan fingerprint density at radius 3 is 2.70 bits per heavy atom. The number of likely N-dealkylation sites (tertiary alicyclic amines) is 1. The number of hydrogen-bond donors (Lipinski definition) is 0. The van der Waals surface area contributed by atoms with Crippen molar-refractivity contribution in [3.63, 3.8) is 0 Å². The van der Waals surface area contributed by atoms with Crippen LogP contribution in [0.15, 0.2) is 30.3 Å². The molecule has 2 aliphatic rings. The van der Waals surface area contributed by atoms with Crippen molar-refractivity contribution >= 4 is 5.78 Å². The molecule has 2 nitrogen and oxygen atoms in total. The minimum atomic E-state index is 0.488. The monoisotopic (exact) mass is 271 g/mol. The topological polar surface area (TPSA) is 20.3 Å². The molecule has 20 heavy (non-hydrogen) atoms. The summed E-state index contributed by atoms with van der Waals surface area (Å²) in [5.74, 6) is 1.84. The van der Waals surface area contributed by atoms with Gasteiger partial charge in [-0.3, -0.25) is 9.69 Å². The first-order valence-electron chi connectivity index (χ1n) is 7.96. The first-order chi connectivity index (χ1) is 9.65. The van der Waals surface area contributed by atoms with E-state index in [1.807, 2.05) is 0 Å². The molecule has 1 aliphatic heterocycles. The van der Waals surface area contributed by atoms with Gasteiger partial charge in [-0.05, 0) is 44.1 Å². The van der Waals surface area contributed by atoms with E-state index in [1.54, 1.807) is 0 Å². The normalized spacial score (nSPS) is 34.8. The standard InChI is InChI=1S/C18H25NO/c1-13-10-16-11-17(20)8-9-18(16)14(2)19(13)12-15-6-4-3-5-7-15/h3-7,13-14,16,18H,8-12H2,1-2H3/t13-,14+,16?,18?/m1/s1. The largest absolute Gasteiger partial charge is 0.300 e. The van der Waals surface area contributed by atoms with E-state index >= 15 is 0 Å². The third-order valence-corrected chi connectivity index (χ3v) is 5.41. The van der Waals surface area contributed by atoms with Crippen LogP contribution in [0.25, 0.3) is 0 Å². The molecule has 1 aromatic carbocycles. The maximum absolute atomic E-state index is 11.7. The number of rotatable bonds is 2. The van der Waals surface area contributed by atoms with Crippen LogP contribution in [-0.2, 0) is 11.3 Å². The minimum Gasteiger partial charge on any atom is -0.300 e. The van der Waals surface area contributed by atoms with Crippen LogP contribution in [-0.4, -0.2) is 22.8 Å². The predicted octanol–water partition coefficient (Wildman–Crippen LogP) is 3.65. The van der Waals surface area contributed by atoms with Crippen LogP contribution in [0.2, 0.25) is 0 Å². The summed E-state index contributed by atoms with van der Waals surface area (Å²) in [7, 11) is 0. The fourth-order valence-electron chi connectivity index (χ4n) is 4.32. The highest BCUT2D eigenvalue weighted by Gasteiger charge is 2.41. The van der Waals surface area contributed by atoms with Crippen LogP contribution in [0.3, 0.4) is 0 Å². The maximum Gasteiger partial charge on any atom is 0.133 e. The first kappa shape index (κ1) is 13.8. The third-order valence-electron chi connectivity index (χ3n) is 5.41. The van der Waals surface area contributed by atoms with Gasteiger partial charge in [0.05, 0.1) is 0 Å². The van der Waals surface area contributed by atoms with Crippen molar-refractivity contribution < 1.29 is 4.79 Å². The van der Waals surface area contributed by atoms with Crippen molar-refractivity contribution in [1.29, 1.82) is 0 Å². The Kier molecular flexibility index (Phi) is 3.93. The molecule has 4 atom stereocenters. The molecule has 1 heterocycles. The quantitative estimate of drug-likeness (QED) is 0.818. The molecule has 1 saturated carbocycles. The molecule has 0 radical (unpaired) electrons. The summed E-state index contributed by atoms with van der Waals surface area (Å²) in [5, 5.41) is 0. The number of carbonyl (C=O) groups excluding carboxylic acids is 1. The van der Waals surface area contributed by atoms with Gasteiger partial charge in [0.2, 0.25) is 0 Å². The van der Waals surface area contributed by atoms with Crippen molar-refractivity contribution in [2.75, 3.05) is 0 Å².